The normalized spacial score (nSPS) is 11.5. The van der Waals surface area contributed by atoms with Crippen LogP contribution in [0.15, 0.2) is 41.6 Å². The van der Waals surface area contributed by atoms with Crippen LogP contribution in [-0.4, -0.2) is 22.6 Å². The molecule has 1 aromatic carbocycles. The lowest BCUT2D eigenvalue weighted by Crippen LogP contribution is -2.13. The van der Waals surface area contributed by atoms with Gasteiger partial charge in [-0.2, -0.15) is 13.4 Å². The summed E-state index contributed by atoms with van der Waals surface area (Å²) in [5.41, 5.74) is 5.25. The Hall–Kier alpha value is -1.89. The molecule has 0 aliphatic heterocycles. The van der Waals surface area contributed by atoms with Gasteiger partial charge in [-0.3, -0.25) is 0 Å². The van der Waals surface area contributed by atoms with Crippen molar-refractivity contribution in [3.05, 3.63) is 36.7 Å². The van der Waals surface area contributed by atoms with Crippen LogP contribution in [0.25, 0.3) is 0 Å². The van der Waals surface area contributed by atoms with Crippen LogP contribution in [0.4, 0.5) is 5.95 Å². The molecule has 1 heterocycles. The van der Waals surface area contributed by atoms with Crippen molar-refractivity contribution in [1.82, 2.24) is 14.2 Å². The minimum absolute atomic E-state index is 0.0745. The summed E-state index contributed by atoms with van der Waals surface area (Å²) in [4.78, 5) is 3.71. The van der Waals surface area contributed by atoms with E-state index in [1.54, 1.807) is 18.2 Å². The number of hydrogen-bond acceptors (Lipinski definition) is 5. The second-order valence-electron chi connectivity index (χ2n) is 2.79. The highest BCUT2D eigenvalue weighted by Crippen LogP contribution is 2.11. The van der Waals surface area contributed by atoms with E-state index in [2.05, 4.69) is 10.1 Å². The molecule has 15 heavy (non-hydrogen) atoms. The van der Waals surface area contributed by atoms with Crippen molar-refractivity contribution < 1.29 is 8.42 Å². The molecule has 0 aliphatic carbocycles. The molecule has 0 fully saturated rings. The lowest BCUT2D eigenvalue weighted by atomic mass is 10.4. The zero-order valence-electron chi connectivity index (χ0n) is 7.61. The van der Waals surface area contributed by atoms with E-state index in [9.17, 15) is 8.42 Å². The van der Waals surface area contributed by atoms with Gasteiger partial charge in [0.2, 0.25) is 5.95 Å². The monoisotopic (exact) mass is 224 g/mol. The van der Waals surface area contributed by atoms with Gasteiger partial charge in [-0.1, -0.05) is 18.2 Å². The first-order valence-electron chi connectivity index (χ1n) is 4.08. The fraction of sp³-hybridized carbons (Fsp3) is 0. The van der Waals surface area contributed by atoms with Crippen LogP contribution in [0.3, 0.4) is 0 Å². The molecule has 0 bridgehead atoms. The van der Waals surface area contributed by atoms with Crippen molar-refractivity contribution in [2.24, 2.45) is 0 Å². The Morgan fingerprint density at radius 1 is 1.20 bits per heavy atom. The Kier molecular flexibility index (Phi) is 2.16. The molecule has 0 radical (unpaired) electrons. The van der Waals surface area contributed by atoms with Gasteiger partial charge in [-0.15, -0.1) is 9.19 Å². The topological polar surface area (TPSA) is 90.9 Å². The summed E-state index contributed by atoms with van der Waals surface area (Å²) < 4.78 is 24.5. The molecule has 2 N–H and O–H groups in total. The Balaban J connectivity index is 2.54. The second-order valence-corrected chi connectivity index (χ2v) is 4.59. The summed E-state index contributed by atoms with van der Waals surface area (Å²) in [5, 5.41) is 3.55. The zero-order valence-corrected chi connectivity index (χ0v) is 8.42. The quantitative estimate of drug-likeness (QED) is 0.781. The average Bonchev–Trinajstić information content (AvgIpc) is 2.67. The minimum atomic E-state index is -3.66. The van der Waals surface area contributed by atoms with E-state index < -0.39 is 10.0 Å². The van der Waals surface area contributed by atoms with Crippen molar-refractivity contribution in [1.29, 1.82) is 0 Å². The van der Waals surface area contributed by atoms with E-state index in [1.807, 2.05) is 0 Å². The van der Waals surface area contributed by atoms with Crippen LogP contribution in [0.2, 0.25) is 0 Å². The van der Waals surface area contributed by atoms with Gasteiger partial charge in [-0.05, 0) is 12.1 Å². The molecule has 0 saturated carbocycles. The number of nitrogens with zero attached hydrogens (tertiary/aromatic N) is 3. The van der Waals surface area contributed by atoms with Crippen LogP contribution >= 0.6 is 0 Å². The first kappa shape index (κ1) is 9.66. The van der Waals surface area contributed by atoms with E-state index in [-0.39, 0.29) is 10.8 Å². The molecule has 1 aromatic heterocycles. The van der Waals surface area contributed by atoms with Gasteiger partial charge in [0.1, 0.15) is 6.33 Å². The van der Waals surface area contributed by atoms with Crippen molar-refractivity contribution in [2.45, 2.75) is 4.90 Å². The highest BCUT2D eigenvalue weighted by Gasteiger charge is 2.17. The van der Waals surface area contributed by atoms with Gasteiger partial charge < -0.3 is 5.73 Å². The fourth-order valence-electron chi connectivity index (χ4n) is 1.08. The number of rotatable bonds is 2. The summed E-state index contributed by atoms with van der Waals surface area (Å²) in [7, 11) is -3.66. The lowest BCUT2D eigenvalue weighted by Gasteiger charge is -2.01. The van der Waals surface area contributed by atoms with Gasteiger partial charge in [0, 0.05) is 0 Å². The van der Waals surface area contributed by atoms with Crippen LogP contribution in [0.1, 0.15) is 0 Å². The Bertz CT molecular complexity index is 561. The van der Waals surface area contributed by atoms with Crippen LogP contribution in [0, 0.1) is 0 Å². The maximum absolute atomic E-state index is 11.9. The standard InChI is InChI=1S/C8H8N4O2S/c9-8-10-6-12(11-8)15(13,14)7-4-2-1-3-5-7/h1-6H,(H2,9,11). The molecular weight excluding hydrogens is 216 g/mol. The fourth-order valence-corrected chi connectivity index (χ4v) is 2.16. The third-order valence-electron chi connectivity index (χ3n) is 1.78. The maximum Gasteiger partial charge on any atom is 0.284 e. The summed E-state index contributed by atoms with van der Waals surface area (Å²) >= 11 is 0. The molecule has 2 aromatic rings. The molecule has 0 amide bonds. The molecule has 0 atom stereocenters. The maximum atomic E-state index is 11.9. The van der Waals surface area contributed by atoms with E-state index >= 15 is 0 Å². The molecular formula is C8H8N4O2S. The molecule has 0 aliphatic rings. The van der Waals surface area contributed by atoms with Gasteiger partial charge in [0.25, 0.3) is 10.0 Å². The summed E-state index contributed by atoms with van der Waals surface area (Å²) in [6.07, 6.45) is 1.07. The van der Waals surface area contributed by atoms with Gasteiger partial charge in [0.15, 0.2) is 0 Å². The Labute approximate surface area is 86.4 Å². The first-order valence-corrected chi connectivity index (χ1v) is 5.52. The predicted octanol–water partition coefficient (Wildman–Crippen LogP) is 0.0973. The summed E-state index contributed by atoms with van der Waals surface area (Å²) in [5.74, 6) is -0.0745. The summed E-state index contributed by atoms with van der Waals surface area (Å²) in [6, 6.07) is 7.95. The van der Waals surface area contributed by atoms with Gasteiger partial charge in [0.05, 0.1) is 4.90 Å². The van der Waals surface area contributed by atoms with Crippen LogP contribution in [0.5, 0.6) is 0 Å². The number of nitrogen functional groups attached to an aromatic ring is 1. The Morgan fingerprint density at radius 3 is 2.40 bits per heavy atom. The summed E-state index contributed by atoms with van der Waals surface area (Å²) in [6.45, 7) is 0. The van der Waals surface area contributed by atoms with Gasteiger partial charge >= 0.3 is 0 Å². The Morgan fingerprint density at radius 2 is 1.87 bits per heavy atom. The molecule has 0 saturated heterocycles. The molecule has 0 spiro atoms. The minimum Gasteiger partial charge on any atom is -0.366 e. The molecule has 6 nitrogen and oxygen atoms in total. The average molecular weight is 224 g/mol. The number of nitrogens with two attached hydrogens (primary N) is 1. The van der Waals surface area contributed by atoms with Crippen molar-refractivity contribution in [2.75, 3.05) is 5.73 Å². The number of benzene rings is 1. The highest BCUT2D eigenvalue weighted by molar-refractivity contribution is 7.89. The molecule has 78 valence electrons. The van der Waals surface area contributed by atoms with E-state index in [4.69, 9.17) is 5.73 Å². The number of anilines is 1. The van der Waals surface area contributed by atoms with Crippen molar-refractivity contribution >= 4 is 16.0 Å². The smallest absolute Gasteiger partial charge is 0.284 e. The SMILES string of the molecule is Nc1ncn(S(=O)(=O)c2ccccc2)n1. The molecule has 2 rings (SSSR count). The second kappa shape index (κ2) is 3.35. The molecule has 0 unspecified atom stereocenters. The van der Waals surface area contributed by atoms with E-state index in [0.717, 1.165) is 10.4 Å². The first-order chi connectivity index (χ1) is 7.10. The number of hydrogen-bond donors (Lipinski definition) is 1. The zero-order chi connectivity index (χ0) is 10.9. The third-order valence-corrected chi connectivity index (χ3v) is 3.31. The van der Waals surface area contributed by atoms with Crippen molar-refractivity contribution in [3.8, 4) is 0 Å². The third kappa shape index (κ3) is 1.68. The lowest BCUT2D eigenvalue weighted by molar-refractivity contribution is 0.580. The molecule has 7 heteroatoms. The largest absolute Gasteiger partial charge is 0.366 e. The van der Waals surface area contributed by atoms with E-state index in [1.165, 1.54) is 12.1 Å². The van der Waals surface area contributed by atoms with Gasteiger partial charge in [-0.25, -0.2) is 0 Å². The van der Waals surface area contributed by atoms with E-state index in [0.29, 0.717) is 0 Å². The van der Waals surface area contributed by atoms with Crippen LogP contribution < -0.4 is 5.73 Å². The number of aromatic nitrogens is 3. The van der Waals surface area contributed by atoms with Crippen molar-refractivity contribution in [3.63, 3.8) is 0 Å². The predicted molar refractivity (Wildman–Crippen MR) is 53.5 cm³/mol. The van der Waals surface area contributed by atoms with Crippen LogP contribution in [-0.2, 0) is 10.0 Å². The highest BCUT2D eigenvalue weighted by atomic mass is 32.2.